The Bertz CT molecular complexity index is 1420. The minimum atomic E-state index is -2.93. The molecule has 8 heteroatoms. The van der Waals surface area contributed by atoms with Gasteiger partial charge in [-0.2, -0.15) is 5.10 Å². The third-order valence-corrected chi connectivity index (χ3v) is 8.11. The Balaban J connectivity index is 1.59. The Morgan fingerprint density at radius 3 is 2.50 bits per heavy atom. The highest BCUT2D eigenvalue weighted by molar-refractivity contribution is 6.11. The van der Waals surface area contributed by atoms with E-state index in [4.69, 9.17) is 4.74 Å². The number of anilines is 2. The van der Waals surface area contributed by atoms with Crippen molar-refractivity contribution in [2.45, 2.75) is 84.9 Å². The molecule has 0 bridgehead atoms. The number of alkyl halides is 2. The van der Waals surface area contributed by atoms with Crippen LogP contribution in [-0.2, 0) is 21.1 Å². The second-order valence-corrected chi connectivity index (χ2v) is 11.1. The van der Waals surface area contributed by atoms with Crippen LogP contribution < -0.4 is 10.2 Å². The van der Waals surface area contributed by atoms with Crippen molar-refractivity contribution in [1.29, 1.82) is 0 Å². The van der Waals surface area contributed by atoms with Crippen LogP contribution in [0, 0.1) is 19.8 Å². The molecule has 38 heavy (non-hydrogen) atoms. The number of benzene rings is 2. The number of halogens is 2. The molecule has 0 radical (unpaired) electrons. The van der Waals surface area contributed by atoms with Crippen molar-refractivity contribution in [3.8, 4) is 0 Å². The second kappa shape index (κ2) is 9.26. The van der Waals surface area contributed by atoms with Gasteiger partial charge in [-0.3, -0.25) is 4.79 Å². The van der Waals surface area contributed by atoms with Gasteiger partial charge in [-0.05, 0) is 70.7 Å². The van der Waals surface area contributed by atoms with E-state index in [-0.39, 0.29) is 23.6 Å². The molecule has 2 aliphatic rings. The van der Waals surface area contributed by atoms with Crippen LogP contribution in [0.5, 0.6) is 0 Å². The number of ether oxygens (including phenoxy) is 1. The summed E-state index contributed by atoms with van der Waals surface area (Å²) in [5.41, 5.74) is 2.78. The van der Waals surface area contributed by atoms with Gasteiger partial charge in [0.1, 0.15) is 0 Å². The molecule has 2 aromatic carbocycles. The van der Waals surface area contributed by atoms with Gasteiger partial charge in [0, 0.05) is 40.5 Å². The van der Waals surface area contributed by atoms with Gasteiger partial charge in [0.2, 0.25) is 0 Å². The minimum Gasteiger partial charge on any atom is -0.362 e. The summed E-state index contributed by atoms with van der Waals surface area (Å²) in [5.74, 6) is -3.22. The quantitative estimate of drug-likeness (QED) is 0.348. The van der Waals surface area contributed by atoms with Crippen molar-refractivity contribution in [3.05, 3.63) is 58.3 Å². The second-order valence-electron chi connectivity index (χ2n) is 11.1. The first-order valence-corrected chi connectivity index (χ1v) is 13.4. The SMILES string of the molecule is CCOC1(C)C(=O)N(C2CC2)c2cc3c(NC(C)c4cccc(C(F)(F)C(C)C)c4C)nnc(C)c3cc21. The topological polar surface area (TPSA) is 67.3 Å². The molecule has 1 saturated carbocycles. The molecule has 1 aliphatic carbocycles. The maximum atomic E-state index is 15.0. The molecule has 1 amide bonds. The van der Waals surface area contributed by atoms with Gasteiger partial charge in [-0.1, -0.05) is 32.0 Å². The molecule has 6 nitrogen and oxygen atoms in total. The lowest BCUT2D eigenvalue weighted by atomic mass is 9.89. The van der Waals surface area contributed by atoms with E-state index in [0.717, 1.165) is 46.1 Å². The van der Waals surface area contributed by atoms with Crippen molar-refractivity contribution in [2.24, 2.45) is 5.92 Å². The highest BCUT2D eigenvalue weighted by Crippen LogP contribution is 2.49. The smallest absolute Gasteiger partial charge is 0.275 e. The molecule has 1 aromatic heterocycles. The van der Waals surface area contributed by atoms with Crippen molar-refractivity contribution in [1.82, 2.24) is 10.2 Å². The number of aromatic nitrogens is 2. The van der Waals surface area contributed by atoms with Gasteiger partial charge in [0.05, 0.1) is 17.4 Å². The lowest BCUT2D eigenvalue weighted by Gasteiger charge is -2.26. The van der Waals surface area contributed by atoms with Gasteiger partial charge in [0.25, 0.3) is 11.8 Å². The average molecular weight is 523 g/mol. The van der Waals surface area contributed by atoms with Crippen LogP contribution in [0.15, 0.2) is 30.3 Å². The molecule has 2 atom stereocenters. The summed E-state index contributed by atoms with van der Waals surface area (Å²) in [6.07, 6.45) is 1.94. The molecule has 1 fully saturated rings. The van der Waals surface area contributed by atoms with Crippen LogP contribution in [0.3, 0.4) is 0 Å². The predicted molar refractivity (Wildman–Crippen MR) is 146 cm³/mol. The summed E-state index contributed by atoms with van der Waals surface area (Å²) in [4.78, 5) is 15.4. The Hall–Kier alpha value is -3.13. The molecule has 0 spiro atoms. The number of hydrogen-bond acceptors (Lipinski definition) is 5. The lowest BCUT2D eigenvalue weighted by molar-refractivity contribution is -0.140. The Morgan fingerprint density at radius 2 is 1.87 bits per heavy atom. The summed E-state index contributed by atoms with van der Waals surface area (Å²) < 4.78 is 36.0. The number of carbonyl (C=O) groups excluding carboxylic acids is 1. The Kier molecular flexibility index (Phi) is 6.45. The summed E-state index contributed by atoms with van der Waals surface area (Å²) in [6, 6.07) is 8.96. The number of fused-ring (bicyclic) bond motifs is 2. The first kappa shape index (κ1) is 26.5. The van der Waals surface area contributed by atoms with E-state index in [0.29, 0.717) is 18.0 Å². The van der Waals surface area contributed by atoms with Crippen molar-refractivity contribution >= 4 is 28.2 Å². The maximum absolute atomic E-state index is 15.0. The normalized spacial score (nSPS) is 20.4. The van der Waals surface area contributed by atoms with Crippen LogP contribution in [0.2, 0.25) is 0 Å². The highest BCUT2D eigenvalue weighted by Gasteiger charge is 2.52. The summed E-state index contributed by atoms with van der Waals surface area (Å²) in [6.45, 7) is 12.8. The van der Waals surface area contributed by atoms with E-state index in [2.05, 4.69) is 15.5 Å². The van der Waals surface area contributed by atoms with E-state index in [9.17, 15) is 13.6 Å². The standard InChI is InChI=1S/C30H36F2N4O2/c1-8-38-29(7)25-14-22-19(6)34-35-27(23(22)15-26(25)36(28(29)37)20-12-13-20)33-18(5)21-10-9-11-24(17(21)4)30(31,32)16(2)3/h9-11,14-16,18,20H,8,12-13H2,1-7H3,(H,33,35). The van der Waals surface area contributed by atoms with Gasteiger partial charge < -0.3 is 15.0 Å². The molecular formula is C30H36F2N4O2. The molecular weight excluding hydrogens is 486 g/mol. The molecule has 1 N–H and O–H groups in total. The maximum Gasteiger partial charge on any atom is 0.275 e. The first-order chi connectivity index (χ1) is 17.9. The molecule has 0 saturated heterocycles. The van der Waals surface area contributed by atoms with Crippen LogP contribution in [0.1, 0.15) is 81.4 Å². The highest BCUT2D eigenvalue weighted by atomic mass is 19.3. The zero-order valence-corrected chi connectivity index (χ0v) is 23.2. The fraction of sp³-hybridized carbons (Fsp3) is 0.500. The average Bonchev–Trinajstić information content (AvgIpc) is 3.67. The summed E-state index contributed by atoms with van der Waals surface area (Å²) >= 11 is 0. The van der Waals surface area contributed by atoms with Crippen LogP contribution in [-0.4, -0.2) is 28.8 Å². The summed E-state index contributed by atoms with van der Waals surface area (Å²) in [7, 11) is 0. The number of nitrogens with one attached hydrogen (secondary N) is 1. The zero-order chi connectivity index (χ0) is 27.6. The fourth-order valence-corrected chi connectivity index (χ4v) is 5.66. The zero-order valence-electron chi connectivity index (χ0n) is 23.2. The summed E-state index contributed by atoms with van der Waals surface area (Å²) in [5, 5.41) is 14.0. The van der Waals surface area contributed by atoms with E-state index < -0.39 is 17.4 Å². The molecule has 202 valence electrons. The van der Waals surface area contributed by atoms with Gasteiger partial charge >= 0.3 is 0 Å². The van der Waals surface area contributed by atoms with Crippen LogP contribution in [0.25, 0.3) is 10.8 Å². The minimum absolute atomic E-state index is 0.0351. The van der Waals surface area contributed by atoms with Crippen LogP contribution >= 0.6 is 0 Å². The van der Waals surface area contributed by atoms with E-state index in [1.807, 2.05) is 50.8 Å². The molecule has 2 unspecified atom stereocenters. The van der Waals surface area contributed by atoms with E-state index >= 15 is 0 Å². The van der Waals surface area contributed by atoms with Crippen molar-refractivity contribution < 1.29 is 18.3 Å². The number of amides is 1. The molecule has 2 heterocycles. The monoisotopic (exact) mass is 522 g/mol. The Labute approximate surface area is 222 Å². The third-order valence-electron chi connectivity index (χ3n) is 8.11. The number of nitrogens with zero attached hydrogens (tertiary/aromatic N) is 3. The lowest BCUT2D eigenvalue weighted by Crippen LogP contribution is -2.41. The van der Waals surface area contributed by atoms with Gasteiger partial charge in [-0.15, -0.1) is 5.10 Å². The Morgan fingerprint density at radius 1 is 1.16 bits per heavy atom. The number of hydrogen-bond donors (Lipinski definition) is 1. The number of aryl methyl sites for hydroxylation is 1. The molecule has 3 aromatic rings. The number of rotatable bonds is 8. The van der Waals surface area contributed by atoms with Crippen molar-refractivity contribution in [3.63, 3.8) is 0 Å². The van der Waals surface area contributed by atoms with Gasteiger partial charge in [0.15, 0.2) is 11.4 Å². The van der Waals surface area contributed by atoms with Crippen LogP contribution in [0.4, 0.5) is 20.3 Å². The van der Waals surface area contributed by atoms with Gasteiger partial charge in [-0.25, -0.2) is 8.78 Å². The fourth-order valence-electron chi connectivity index (χ4n) is 5.66. The first-order valence-electron chi connectivity index (χ1n) is 13.4. The third kappa shape index (κ3) is 4.04. The van der Waals surface area contributed by atoms with E-state index in [1.165, 1.54) is 19.9 Å². The largest absolute Gasteiger partial charge is 0.362 e. The van der Waals surface area contributed by atoms with Crippen molar-refractivity contribution in [2.75, 3.05) is 16.8 Å². The number of carbonyl (C=O) groups is 1. The van der Waals surface area contributed by atoms with E-state index in [1.54, 1.807) is 13.0 Å². The molecule has 5 rings (SSSR count). The molecule has 1 aliphatic heterocycles. The predicted octanol–water partition coefficient (Wildman–Crippen LogP) is 6.93.